The Morgan fingerprint density at radius 3 is 2.48 bits per heavy atom. The van der Waals surface area contributed by atoms with Gasteiger partial charge in [0.25, 0.3) is 5.92 Å². The fourth-order valence-electron chi connectivity index (χ4n) is 4.01. The van der Waals surface area contributed by atoms with Crippen LogP contribution in [-0.4, -0.2) is 43.6 Å². The van der Waals surface area contributed by atoms with Crippen LogP contribution in [0.5, 0.6) is 0 Å². The number of rotatable bonds is 5. The third-order valence-corrected chi connectivity index (χ3v) is 5.65. The number of hydrogen-bond acceptors (Lipinski definition) is 4. The molecule has 2 aromatic rings. The predicted octanol–water partition coefficient (Wildman–Crippen LogP) is 5.27. The van der Waals surface area contributed by atoms with Crippen LogP contribution >= 0.6 is 0 Å². The molecule has 2 heterocycles. The first-order valence-corrected chi connectivity index (χ1v) is 10.5. The molecule has 1 aromatic heterocycles. The van der Waals surface area contributed by atoms with E-state index in [-0.39, 0.29) is 30.0 Å². The number of pyridine rings is 1. The minimum atomic E-state index is -2.80. The van der Waals surface area contributed by atoms with Crippen molar-refractivity contribution in [3.63, 3.8) is 0 Å². The number of anilines is 2. The molecule has 8 heteroatoms. The van der Waals surface area contributed by atoms with Gasteiger partial charge in [0, 0.05) is 37.4 Å². The average molecular weight is 435 g/mol. The molecule has 2 fully saturated rings. The number of amides is 1. The van der Waals surface area contributed by atoms with Crippen molar-refractivity contribution in [3.05, 3.63) is 42.3 Å². The number of hydrogen-bond donors (Lipinski definition) is 1. The van der Waals surface area contributed by atoms with Crippen molar-refractivity contribution in [2.24, 2.45) is 0 Å². The highest BCUT2D eigenvalue weighted by Crippen LogP contribution is 2.39. The summed E-state index contributed by atoms with van der Waals surface area (Å²) < 4.78 is 46.2. The number of nitrogens with zero attached hydrogens (tertiary/aromatic N) is 2. The maximum Gasteiger partial charge on any atom is 0.266 e. The molecule has 0 bridgehead atoms. The maximum atomic E-state index is 14.1. The van der Waals surface area contributed by atoms with Crippen LogP contribution in [-0.2, 0) is 9.53 Å². The number of ether oxygens (including phenoxy) is 1. The molecule has 1 aromatic carbocycles. The van der Waals surface area contributed by atoms with Gasteiger partial charge in [-0.05, 0) is 25.0 Å². The number of aromatic nitrogens is 1. The number of alkyl halides is 2. The predicted molar refractivity (Wildman–Crippen MR) is 115 cm³/mol. The van der Waals surface area contributed by atoms with Crippen molar-refractivity contribution < 1.29 is 22.7 Å². The van der Waals surface area contributed by atoms with Gasteiger partial charge in [-0.2, -0.15) is 0 Å². The lowest BCUT2D eigenvalue weighted by molar-refractivity contribution is -0.105. The molecular weight excluding hydrogens is 407 g/mol. The second-order valence-electron chi connectivity index (χ2n) is 7.82. The Balaban J connectivity index is 0.000000287. The summed E-state index contributed by atoms with van der Waals surface area (Å²) in [6.45, 7) is -0.359. The molecule has 0 spiro atoms. The normalized spacial score (nSPS) is 18.3. The SMILES string of the molecule is COC1CCCCC1.O=CNc1c(-c2ccccc2F)ccnc1N1CCC(F)(F)C1. The molecule has 1 aliphatic carbocycles. The van der Waals surface area contributed by atoms with Crippen LogP contribution in [0.25, 0.3) is 11.1 Å². The van der Waals surface area contributed by atoms with Crippen LogP contribution in [0.2, 0.25) is 0 Å². The van der Waals surface area contributed by atoms with Crippen LogP contribution in [0.1, 0.15) is 38.5 Å². The summed E-state index contributed by atoms with van der Waals surface area (Å²) in [5.74, 6) is -3.05. The molecule has 1 amide bonds. The lowest BCUT2D eigenvalue weighted by Gasteiger charge is -2.22. The Morgan fingerprint density at radius 1 is 1.16 bits per heavy atom. The maximum absolute atomic E-state index is 14.1. The highest BCUT2D eigenvalue weighted by Gasteiger charge is 2.39. The van der Waals surface area contributed by atoms with Crippen LogP contribution in [0.15, 0.2) is 36.5 Å². The number of carbonyl (C=O) groups is 1. The number of nitrogens with one attached hydrogen (secondary N) is 1. The van der Waals surface area contributed by atoms with Gasteiger partial charge in [0.05, 0.1) is 18.3 Å². The van der Waals surface area contributed by atoms with Crippen molar-refractivity contribution in [1.82, 2.24) is 4.98 Å². The minimum Gasteiger partial charge on any atom is -0.381 e. The molecule has 0 atom stereocenters. The highest BCUT2D eigenvalue weighted by molar-refractivity contribution is 5.92. The van der Waals surface area contributed by atoms with E-state index in [9.17, 15) is 18.0 Å². The topological polar surface area (TPSA) is 54.5 Å². The first-order valence-electron chi connectivity index (χ1n) is 10.5. The fraction of sp³-hybridized carbons (Fsp3) is 0.478. The first-order chi connectivity index (χ1) is 14.9. The van der Waals surface area contributed by atoms with Crippen LogP contribution < -0.4 is 10.2 Å². The van der Waals surface area contributed by atoms with Gasteiger partial charge in [-0.3, -0.25) is 4.79 Å². The Bertz CT molecular complexity index is 873. The fourth-order valence-corrected chi connectivity index (χ4v) is 4.01. The van der Waals surface area contributed by atoms with Crippen LogP contribution in [0.4, 0.5) is 24.7 Å². The van der Waals surface area contributed by atoms with Crippen molar-refractivity contribution in [2.45, 2.75) is 50.6 Å². The van der Waals surface area contributed by atoms with Crippen LogP contribution in [0.3, 0.4) is 0 Å². The molecule has 1 N–H and O–H groups in total. The second-order valence-corrected chi connectivity index (χ2v) is 7.82. The van der Waals surface area contributed by atoms with E-state index in [1.165, 1.54) is 49.3 Å². The zero-order chi connectivity index (χ0) is 22.3. The molecule has 31 heavy (non-hydrogen) atoms. The van der Waals surface area contributed by atoms with E-state index in [2.05, 4.69) is 10.3 Å². The Labute approximate surface area is 180 Å². The van der Waals surface area contributed by atoms with Gasteiger partial charge in [0.1, 0.15) is 5.82 Å². The second kappa shape index (κ2) is 10.6. The monoisotopic (exact) mass is 435 g/mol. The smallest absolute Gasteiger partial charge is 0.266 e. The summed E-state index contributed by atoms with van der Waals surface area (Å²) in [6, 6.07) is 7.61. The van der Waals surface area contributed by atoms with E-state index in [4.69, 9.17) is 4.74 Å². The molecule has 0 unspecified atom stereocenters. The zero-order valence-corrected chi connectivity index (χ0v) is 17.6. The lowest BCUT2D eigenvalue weighted by Crippen LogP contribution is -2.26. The third-order valence-electron chi connectivity index (χ3n) is 5.65. The van der Waals surface area contributed by atoms with E-state index in [1.54, 1.807) is 24.3 Å². The molecule has 1 aliphatic heterocycles. The Kier molecular flexibility index (Phi) is 7.90. The largest absolute Gasteiger partial charge is 0.381 e. The molecule has 4 rings (SSSR count). The quantitative estimate of drug-likeness (QED) is 0.651. The van der Waals surface area contributed by atoms with Crippen molar-refractivity contribution >= 4 is 17.9 Å². The number of methoxy groups -OCH3 is 1. The van der Waals surface area contributed by atoms with Gasteiger partial charge in [0.2, 0.25) is 6.41 Å². The summed E-state index contributed by atoms with van der Waals surface area (Å²) in [5, 5.41) is 2.48. The Hall–Kier alpha value is -2.61. The summed E-state index contributed by atoms with van der Waals surface area (Å²) in [4.78, 5) is 16.4. The highest BCUT2D eigenvalue weighted by atomic mass is 19.3. The minimum absolute atomic E-state index is 0.119. The standard InChI is InChI=1S/C16H14F3N3O.C7H14O/c17-13-4-2-1-3-11(13)12-5-7-20-15(14(12)21-10-23)22-8-6-16(18,19)9-22;1-8-7-5-3-2-4-6-7/h1-5,7,10H,6,8-9H2,(H,21,23);7H,2-6H2,1H3. The summed E-state index contributed by atoms with van der Waals surface area (Å²) in [7, 11) is 1.82. The van der Waals surface area contributed by atoms with Gasteiger partial charge in [0.15, 0.2) is 5.82 Å². The number of benzene rings is 1. The van der Waals surface area contributed by atoms with Gasteiger partial charge < -0.3 is 15.0 Å². The number of carbonyl (C=O) groups excluding carboxylic acids is 1. The molecule has 0 radical (unpaired) electrons. The lowest BCUT2D eigenvalue weighted by atomic mass is 9.98. The van der Waals surface area contributed by atoms with E-state index in [0.29, 0.717) is 18.1 Å². The van der Waals surface area contributed by atoms with Crippen LogP contribution in [0, 0.1) is 5.82 Å². The third kappa shape index (κ3) is 5.97. The van der Waals surface area contributed by atoms with E-state index < -0.39 is 18.3 Å². The molecule has 2 aliphatic rings. The molecule has 1 saturated heterocycles. The van der Waals surface area contributed by atoms with E-state index >= 15 is 0 Å². The van der Waals surface area contributed by atoms with Crippen molar-refractivity contribution in [3.8, 4) is 11.1 Å². The summed E-state index contributed by atoms with van der Waals surface area (Å²) in [5.41, 5.74) is 0.896. The molecule has 1 saturated carbocycles. The van der Waals surface area contributed by atoms with Gasteiger partial charge in [-0.25, -0.2) is 18.2 Å². The van der Waals surface area contributed by atoms with Gasteiger partial charge >= 0.3 is 0 Å². The first kappa shape index (κ1) is 23.1. The molecular formula is C23H28F3N3O2. The van der Waals surface area contributed by atoms with Gasteiger partial charge in [-0.15, -0.1) is 0 Å². The van der Waals surface area contributed by atoms with E-state index in [0.717, 1.165) is 0 Å². The van der Waals surface area contributed by atoms with Crippen molar-refractivity contribution in [1.29, 1.82) is 0 Å². The van der Waals surface area contributed by atoms with Crippen molar-refractivity contribution in [2.75, 3.05) is 30.4 Å². The zero-order valence-electron chi connectivity index (χ0n) is 17.6. The average Bonchev–Trinajstić information content (AvgIpc) is 3.15. The summed E-state index contributed by atoms with van der Waals surface area (Å²) >= 11 is 0. The number of halogens is 3. The molecule has 168 valence electrons. The van der Waals surface area contributed by atoms with Gasteiger partial charge in [-0.1, -0.05) is 37.5 Å². The Morgan fingerprint density at radius 2 is 1.90 bits per heavy atom. The molecule has 5 nitrogen and oxygen atoms in total. The summed E-state index contributed by atoms with van der Waals surface area (Å²) in [6.07, 6.45) is 8.90. The van der Waals surface area contributed by atoms with E-state index in [1.807, 2.05) is 7.11 Å².